The van der Waals surface area contributed by atoms with E-state index in [-0.39, 0.29) is 11.8 Å². The molecule has 3 unspecified atom stereocenters. The summed E-state index contributed by atoms with van der Waals surface area (Å²) in [7, 11) is 0. The Kier molecular flexibility index (Phi) is 3.47. The third kappa shape index (κ3) is 2.55. The van der Waals surface area contributed by atoms with Gasteiger partial charge >= 0.3 is 0 Å². The highest BCUT2D eigenvalue weighted by atomic mass is 16.3. The number of Topliss-reactive ketones (excluding diaryl/α,β-unsaturated/α-hetero) is 1. The molecule has 0 aliphatic heterocycles. The third-order valence-corrected chi connectivity index (χ3v) is 4.69. The first kappa shape index (κ1) is 13.2. The molecule has 2 saturated carbocycles. The topological polar surface area (TPSA) is 66.4 Å². The molecule has 2 aliphatic carbocycles. The summed E-state index contributed by atoms with van der Waals surface area (Å²) >= 11 is 0. The molecule has 3 atom stereocenters. The van der Waals surface area contributed by atoms with Gasteiger partial charge in [0.1, 0.15) is 5.75 Å². The van der Waals surface area contributed by atoms with Crippen molar-refractivity contribution in [2.24, 2.45) is 11.8 Å². The molecule has 0 aromatic heterocycles. The van der Waals surface area contributed by atoms with Gasteiger partial charge in [0.15, 0.2) is 0 Å². The Hall–Kier alpha value is -1.84. The van der Waals surface area contributed by atoms with Crippen LogP contribution in [0.4, 0.5) is 0 Å². The van der Waals surface area contributed by atoms with E-state index in [1.807, 2.05) is 0 Å². The van der Waals surface area contributed by atoms with Crippen LogP contribution in [0.2, 0.25) is 0 Å². The molecule has 1 aromatic rings. The van der Waals surface area contributed by atoms with E-state index in [4.69, 9.17) is 0 Å². The zero-order chi connectivity index (χ0) is 14.1. The van der Waals surface area contributed by atoms with E-state index in [0.717, 1.165) is 18.8 Å². The highest BCUT2D eigenvalue weighted by molar-refractivity contribution is 6.42. The highest BCUT2D eigenvalue weighted by Gasteiger charge is 2.37. The molecule has 20 heavy (non-hydrogen) atoms. The minimum atomic E-state index is -0.523. The Morgan fingerprint density at radius 3 is 2.50 bits per heavy atom. The number of amides is 1. The quantitative estimate of drug-likeness (QED) is 0.656. The smallest absolute Gasteiger partial charge is 0.292 e. The summed E-state index contributed by atoms with van der Waals surface area (Å²) in [5, 5.41) is 12.1. The van der Waals surface area contributed by atoms with Gasteiger partial charge in [-0.3, -0.25) is 9.59 Å². The van der Waals surface area contributed by atoms with Crippen LogP contribution in [-0.4, -0.2) is 22.8 Å². The van der Waals surface area contributed by atoms with E-state index in [0.29, 0.717) is 11.5 Å². The molecule has 0 spiro atoms. The van der Waals surface area contributed by atoms with Crippen LogP contribution >= 0.6 is 0 Å². The van der Waals surface area contributed by atoms with Crippen molar-refractivity contribution in [3.05, 3.63) is 29.8 Å². The number of ketones is 1. The lowest BCUT2D eigenvalue weighted by molar-refractivity contribution is -0.118. The zero-order valence-corrected chi connectivity index (χ0v) is 11.3. The number of carbonyl (C=O) groups excluding carboxylic acids is 2. The average Bonchev–Trinajstić information content (AvgIpc) is 2.85. The fourth-order valence-corrected chi connectivity index (χ4v) is 3.56. The van der Waals surface area contributed by atoms with Crippen LogP contribution in [0.5, 0.6) is 5.75 Å². The van der Waals surface area contributed by atoms with Gasteiger partial charge in [-0.1, -0.05) is 6.42 Å². The van der Waals surface area contributed by atoms with Gasteiger partial charge in [-0.2, -0.15) is 0 Å². The number of nitrogens with one attached hydrogen (secondary N) is 1. The number of hydrogen-bond donors (Lipinski definition) is 2. The molecule has 106 valence electrons. The molecule has 2 aliphatic rings. The van der Waals surface area contributed by atoms with Gasteiger partial charge in [-0.25, -0.2) is 0 Å². The monoisotopic (exact) mass is 273 g/mol. The number of phenols is 1. The van der Waals surface area contributed by atoms with Crippen molar-refractivity contribution in [2.45, 2.75) is 38.1 Å². The number of benzene rings is 1. The standard InChI is InChI=1S/C16H19NO3/c18-13-6-4-11(5-7-13)15(19)16(20)17-14-8-2-10-1-3-12(14)9-10/h4-7,10,12,14,18H,1-3,8-9H2,(H,17,20). The normalized spacial score (nSPS) is 28.1. The van der Waals surface area contributed by atoms with Crippen molar-refractivity contribution in [3.63, 3.8) is 0 Å². The number of rotatable bonds is 3. The van der Waals surface area contributed by atoms with Crippen molar-refractivity contribution >= 4 is 11.7 Å². The molecule has 0 heterocycles. The van der Waals surface area contributed by atoms with Crippen molar-refractivity contribution < 1.29 is 14.7 Å². The fraction of sp³-hybridized carbons (Fsp3) is 0.500. The van der Waals surface area contributed by atoms with Crippen LogP contribution < -0.4 is 5.32 Å². The van der Waals surface area contributed by atoms with Gasteiger partial charge in [-0.15, -0.1) is 0 Å². The van der Waals surface area contributed by atoms with Crippen LogP contribution in [0.15, 0.2) is 24.3 Å². The van der Waals surface area contributed by atoms with Crippen LogP contribution in [-0.2, 0) is 4.79 Å². The van der Waals surface area contributed by atoms with E-state index >= 15 is 0 Å². The summed E-state index contributed by atoms with van der Waals surface area (Å²) in [4.78, 5) is 24.1. The summed E-state index contributed by atoms with van der Waals surface area (Å²) in [5.74, 6) is 0.425. The number of phenolic OH excluding ortho intramolecular Hbond substituents is 1. The summed E-state index contributed by atoms with van der Waals surface area (Å²) in [6.45, 7) is 0. The number of aromatic hydroxyl groups is 1. The predicted octanol–water partition coefficient (Wildman–Crippen LogP) is 2.27. The second kappa shape index (κ2) is 5.27. The van der Waals surface area contributed by atoms with Gasteiger partial charge < -0.3 is 10.4 Å². The lowest BCUT2D eigenvalue weighted by atomic mass is 9.85. The minimum absolute atomic E-state index is 0.0891. The van der Waals surface area contributed by atoms with E-state index in [2.05, 4.69) is 5.32 Å². The maximum atomic E-state index is 12.0. The first-order valence-electron chi connectivity index (χ1n) is 7.27. The Morgan fingerprint density at radius 1 is 1.05 bits per heavy atom. The second-order valence-electron chi connectivity index (χ2n) is 5.97. The molecule has 0 saturated heterocycles. The molecule has 2 bridgehead atoms. The van der Waals surface area contributed by atoms with E-state index in [9.17, 15) is 14.7 Å². The number of fused-ring (bicyclic) bond motifs is 2. The lowest BCUT2D eigenvalue weighted by Crippen LogP contribution is -2.44. The first-order chi connectivity index (χ1) is 9.63. The van der Waals surface area contributed by atoms with Crippen LogP contribution in [0.3, 0.4) is 0 Å². The molecule has 1 aromatic carbocycles. The van der Waals surface area contributed by atoms with Gasteiger partial charge in [0, 0.05) is 11.6 Å². The maximum absolute atomic E-state index is 12.0. The summed E-state index contributed by atoms with van der Waals surface area (Å²) in [6, 6.07) is 5.95. The van der Waals surface area contributed by atoms with Gasteiger partial charge in [-0.05, 0) is 61.8 Å². The summed E-state index contributed by atoms with van der Waals surface area (Å²) < 4.78 is 0. The lowest BCUT2D eigenvalue weighted by Gasteiger charge is -2.29. The molecular weight excluding hydrogens is 254 g/mol. The third-order valence-electron chi connectivity index (χ3n) is 4.69. The van der Waals surface area contributed by atoms with Gasteiger partial charge in [0.2, 0.25) is 5.78 Å². The SMILES string of the molecule is O=C(NC1CCC2CCC1C2)C(=O)c1ccc(O)cc1. The zero-order valence-electron chi connectivity index (χ0n) is 11.3. The molecule has 1 amide bonds. The summed E-state index contributed by atoms with van der Waals surface area (Å²) in [5.41, 5.74) is 0.320. The van der Waals surface area contributed by atoms with Gasteiger partial charge in [0.05, 0.1) is 0 Å². The maximum Gasteiger partial charge on any atom is 0.292 e. The summed E-state index contributed by atoms with van der Waals surface area (Å²) in [6.07, 6.45) is 5.78. The second-order valence-corrected chi connectivity index (χ2v) is 5.97. The molecule has 2 N–H and O–H groups in total. The molecular formula is C16H19NO3. The Labute approximate surface area is 118 Å². The Morgan fingerprint density at radius 2 is 1.75 bits per heavy atom. The van der Waals surface area contributed by atoms with E-state index in [1.165, 1.54) is 43.5 Å². The van der Waals surface area contributed by atoms with E-state index in [1.54, 1.807) is 0 Å². The van der Waals surface area contributed by atoms with Crippen molar-refractivity contribution in [1.29, 1.82) is 0 Å². The molecule has 2 fully saturated rings. The minimum Gasteiger partial charge on any atom is -0.508 e. The highest BCUT2D eigenvalue weighted by Crippen LogP contribution is 2.41. The molecule has 4 heteroatoms. The van der Waals surface area contributed by atoms with Crippen molar-refractivity contribution in [1.82, 2.24) is 5.32 Å². The number of hydrogen-bond acceptors (Lipinski definition) is 3. The van der Waals surface area contributed by atoms with Crippen LogP contribution in [0.25, 0.3) is 0 Å². The Balaban J connectivity index is 1.64. The predicted molar refractivity (Wildman–Crippen MR) is 74.4 cm³/mol. The Bertz CT molecular complexity index is 523. The first-order valence-corrected chi connectivity index (χ1v) is 7.27. The number of carbonyl (C=O) groups is 2. The van der Waals surface area contributed by atoms with Crippen molar-refractivity contribution in [2.75, 3.05) is 0 Å². The molecule has 4 nitrogen and oxygen atoms in total. The molecule has 3 rings (SSSR count). The van der Waals surface area contributed by atoms with Crippen molar-refractivity contribution in [3.8, 4) is 5.75 Å². The largest absolute Gasteiger partial charge is 0.508 e. The average molecular weight is 273 g/mol. The van der Waals surface area contributed by atoms with Crippen LogP contribution in [0.1, 0.15) is 42.5 Å². The molecule has 0 radical (unpaired) electrons. The fourth-order valence-electron chi connectivity index (χ4n) is 3.56. The van der Waals surface area contributed by atoms with Crippen LogP contribution in [0, 0.1) is 11.8 Å². The van der Waals surface area contributed by atoms with Gasteiger partial charge in [0.25, 0.3) is 5.91 Å². The van der Waals surface area contributed by atoms with E-state index < -0.39 is 11.7 Å².